The number of aromatic nitrogens is 2. The predicted octanol–water partition coefficient (Wildman–Crippen LogP) is 5.50. The maximum atomic E-state index is 12.8. The average Bonchev–Trinajstić information content (AvgIpc) is 3.18. The van der Waals surface area contributed by atoms with E-state index >= 15 is 0 Å². The lowest BCUT2D eigenvalue weighted by atomic mass is 10.1. The fourth-order valence-electron chi connectivity index (χ4n) is 3.45. The Morgan fingerprint density at radius 3 is 2.65 bits per heavy atom. The number of nitrogens with zero attached hydrogens (tertiary/aromatic N) is 2. The number of fused-ring (bicyclic) bond motifs is 1. The van der Waals surface area contributed by atoms with Gasteiger partial charge in [-0.1, -0.05) is 41.9 Å². The number of aromatic carboxylic acids is 1. The fourth-order valence-corrected chi connectivity index (χ4v) is 4.70. The number of carbonyl (C=O) groups excluding carboxylic acids is 1. The quantitative estimate of drug-likeness (QED) is 0.307. The largest absolute Gasteiger partial charge is 0.496 e. The van der Waals surface area contributed by atoms with Gasteiger partial charge in [0.25, 0.3) is 0 Å². The molecular weight excluding hydrogens is 478 g/mol. The lowest BCUT2D eigenvalue weighted by Gasteiger charge is -2.12. The van der Waals surface area contributed by atoms with Gasteiger partial charge in [0, 0.05) is 12.5 Å². The number of carboxylic acid groups (broad SMARTS) is 1. The van der Waals surface area contributed by atoms with Crippen LogP contribution in [0.4, 0.5) is 11.5 Å². The molecule has 34 heavy (non-hydrogen) atoms. The molecule has 174 valence electrons. The highest BCUT2D eigenvalue weighted by Crippen LogP contribution is 2.37. The van der Waals surface area contributed by atoms with Crippen molar-refractivity contribution < 1.29 is 24.2 Å². The zero-order valence-electron chi connectivity index (χ0n) is 18.3. The first kappa shape index (κ1) is 23.5. The summed E-state index contributed by atoms with van der Waals surface area (Å²) >= 11 is 7.53. The van der Waals surface area contributed by atoms with E-state index in [1.54, 1.807) is 6.92 Å². The summed E-state index contributed by atoms with van der Waals surface area (Å²) < 4.78 is 10.7. The molecule has 0 unspecified atom stereocenters. The molecule has 0 radical (unpaired) electrons. The molecule has 2 aromatic carbocycles. The van der Waals surface area contributed by atoms with Crippen molar-refractivity contribution in [3.8, 4) is 5.75 Å². The number of carbonyl (C=O) groups is 2. The number of thiophene rings is 1. The summed E-state index contributed by atoms with van der Waals surface area (Å²) in [6.45, 7) is 2.07. The van der Waals surface area contributed by atoms with Crippen LogP contribution in [0.5, 0.6) is 5.75 Å². The van der Waals surface area contributed by atoms with E-state index < -0.39 is 11.9 Å². The van der Waals surface area contributed by atoms with Gasteiger partial charge in [-0.25, -0.2) is 19.6 Å². The number of aryl methyl sites for hydroxylation is 1. The molecule has 0 aliphatic rings. The molecule has 2 aromatic heterocycles. The Labute approximate surface area is 204 Å². The Balaban J connectivity index is 1.60. The molecule has 4 aromatic rings. The van der Waals surface area contributed by atoms with Crippen molar-refractivity contribution in [2.75, 3.05) is 19.0 Å². The van der Waals surface area contributed by atoms with E-state index in [2.05, 4.69) is 15.3 Å². The molecule has 8 nitrogen and oxygen atoms in total. The van der Waals surface area contributed by atoms with Gasteiger partial charge in [0.1, 0.15) is 33.2 Å². The Hall–Kier alpha value is -3.69. The molecule has 2 heterocycles. The number of carboxylic acids is 1. The van der Waals surface area contributed by atoms with Crippen LogP contribution in [0.15, 0.2) is 48.8 Å². The molecule has 0 amide bonds. The smallest absolute Gasteiger partial charge is 0.348 e. The standard InChI is InChI=1S/C24H20ClN3O5S/c1-13-19-21(28-17-11-18(32-2)15(23(29)30)10-16(17)25)26-12-27-22(19)34-20(13)24(31)33-9-8-14-6-4-3-5-7-14/h3-7,10-12H,8-9H2,1-2H3,(H,29,30)(H,26,27,28). The molecule has 0 aliphatic heterocycles. The SMILES string of the molecule is COc1cc(Nc2ncnc3sc(C(=O)OCCc4ccccc4)c(C)c23)c(Cl)cc1C(=O)O. The molecule has 0 saturated heterocycles. The second kappa shape index (κ2) is 10.1. The lowest BCUT2D eigenvalue weighted by Crippen LogP contribution is -2.07. The van der Waals surface area contributed by atoms with Crippen LogP contribution >= 0.6 is 22.9 Å². The van der Waals surface area contributed by atoms with E-state index in [9.17, 15) is 14.7 Å². The maximum absolute atomic E-state index is 12.8. The minimum absolute atomic E-state index is 0.0573. The van der Waals surface area contributed by atoms with Crippen LogP contribution in [0, 0.1) is 6.92 Å². The summed E-state index contributed by atoms with van der Waals surface area (Å²) in [6, 6.07) is 12.6. The summed E-state index contributed by atoms with van der Waals surface area (Å²) in [5, 5.41) is 13.3. The Morgan fingerprint density at radius 2 is 1.94 bits per heavy atom. The van der Waals surface area contributed by atoms with Crippen LogP contribution in [0.25, 0.3) is 10.2 Å². The lowest BCUT2D eigenvalue weighted by molar-refractivity contribution is 0.0514. The third-order valence-electron chi connectivity index (χ3n) is 5.15. The van der Waals surface area contributed by atoms with Gasteiger partial charge in [0.15, 0.2) is 0 Å². The van der Waals surface area contributed by atoms with E-state index in [4.69, 9.17) is 21.1 Å². The normalized spacial score (nSPS) is 10.8. The first-order chi connectivity index (χ1) is 16.4. The predicted molar refractivity (Wildman–Crippen MR) is 131 cm³/mol. The van der Waals surface area contributed by atoms with Crippen LogP contribution in [-0.4, -0.2) is 40.7 Å². The Morgan fingerprint density at radius 1 is 1.18 bits per heavy atom. The van der Waals surface area contributed by atoms with Crippen LogP contribution in [0.2, 0.25) is 5.02 Å². The Kier molecular flexibility index (Phi) is 6.95. The van der Waals surface area contributed by atoms with Crippen molar-refractivity contribution in [1.82, 2.24) is 9.97 Å². The zero-order valence-corrected chi connectivity index (χ0v) is 19.9. The summed E-state index contributed by atoms with van der Waals surface area (Å²) in [7, 11) is 1.38. The van der Waals surface area contributed by atoms with Gasteiger partial charge >= 0.3 is 11.9 Å². The number of esters is 1. The number of halogens is 1. The molecule has 0 aliphatic carbocycles. The number of hydrogen-bond donors (Lipinski definition) is 2. The molecule has 10 heteroatoms. The van der Waals surface area contributed by atoms with Crippen LogP contribution < -0.4 is 10.1 Å². The number of hydrogen-bond acceptors (Lipinski definition) is 8. The first-order valence-electron chi connectivity index (χ1n) is 10.2. The number of ether oxygens (including phenoxy) is 2. The molecule has 0 spiro atoms. The van der Waals surface area contributed by atoms with Crippen molar-refractivity contribution in [1.29, 1.82) is 0 Å². The minimum Gasteiger partial charge on any atom is -0.496 e. The van der Waals surface area contributed by atoms with Gasteiger partial charge < -0.3 is 19.9 Å². The van der Waals surface area contributed by atoms with Crippen molar-refractivity contribution in [3.05, 3.63) is 75.4 Å². The summed E-state index contributed by atoms with van der Waals surface area (Å²) in [5.74, 6) is -1.00. The maximum Gasteiger partial charge on any atom is 0.348 e. The van der Waals surface area contributed by atoms with E-state index in [1.807, 2.05) is 30.3 Å². The van der Waals surface area contributed by atoms with E-state index in [1.165, 1.54) is 36.9 Å². The van der Waals surface area contributed by atoms with Crippen molar-refractivity contribution >= 4 is 56.6 Å². The second-order valence-corrected chi connectivity index (χ2v) is 8.70. The van der Waals surface area contributed by atoms with Crippen LogP contribution in [0.1, 0.15) is 31.2 Å². The average molecular weight is 498 g/mol. The number of methoxy groups -OCH3 is 1. The van der Waals surface area contributed by atoms with Gasteiger partial charge in [-0.15, -0.1) is 11.3 Å². The molecule has 0 saturated carbocycles. The third-order valence-corrected chi connectivity index (χ3v) is 6.64. The topological polar surface area (TPSA) is 111 Å². The van der Waals surface area contributed by atoms with Crippen molar-refractivity contribution in [3.63, 3.8) is 0 Å². The van der Waals surface area contributed by atoms with E-state index in [0.717, 1.165) is 5.56 Å². The van der Waals surface area contributed by atoms with Gasteiger partial charge in [0.2, 0.25) is 0 Å². The van der Waals surface area contributed by atoms with Crippen LogP contribution in [-0.2, 0) is 11.2 Å². The minimum atomic E-state index is -1.15. The molecule has 2 N–H and O–H groups in total. The monoisotopic (exact) mass is 497 g/mol. The zero-order chi connectivity index (χ0) is 24.2. The van der Waals surface area contributed by atoms with Gasteiger partial charge in [-0.05, 0) is 24.1 Å². The highest BCUT2D eigenvalue weighted by molar-refractivity contribution is 7.20. The molecule has 0 bridgehead atoms. The van der Waals surface area contributed by atoms with Gasteiger partial charge in [0.05, 0.1) is 29.8 Å². The number of nitrogens with one attached hydrogen (secondary N) is 1. The van der Waals surface area contributed by atoms with E-state index in [0.29, 0.717) is 38.6 Å². The number of benzene rings is 2. The third kappa shape index (κ3) is 4.80. The van der Waals surface area contributed by atoms with Crippen LogP contribution in [0.3, 0.4) is 0 Å². The summed E-state index contributed by atoms with van der Waals surface area (Å²) in [4.78, 5) is 33.8. The number of rotatable bonds is 8. The second-order valence-electron chi connectivity index (χ2n) is 7.29. The molecular formula is C24H20ClN3O5S. The highest BCUT2D eigenvalue weighted by atomic mass is 35.5. The van der Waals surface area contributed by atoms with E-state index in [-0.39, 0.29) is 22.9 Å². The van der Waals surface area contributed by atoms with Crippen molar-refractivity contribution in [2.45, 2.75) is 13.3 Å². The summed E-state index contributed by atoms with van der Waals surface area (Å²) in [6.07, 6.45) is 2.00. The molecule has 0 atom stereocenters. The molecule has 0 fully saturated rings. The van der Waals surface area contributed by atoms with Gasteiger partial charge in [-0.3, -0.25) is 0 Å². The molecule has 4 rings (SSSR count). The fraction of sp³-hybridized carbons (Fsp3) is 0.167. The number of anilines is 2. The Bertz CT molecular complexity index is 1370. The van der Waals surface area contributed by atoms with Crippen molar-refractivity contribution in [2.24, 2.45) is 0 Å². The summed E-state index contributed by atoms with van der Waals surface area (Å²) in [5.41, 5.74) is 2.11. The first-order valence-corrected chi connectivity index (χ1v) is 11.4. The highest BCUT2D eigenvalue weighted by Gasteiger charge is 2.22. The van der Waals surface area contributed by atoms with Gasteiger partial charge in [-0.2, -0.15) is 0 Å².